The molecule has 0 saturated carbocycles. The van der Waals surface area contributed by atoms with Crippen LogP contribution in [0.5, 0.6) is 0 Å². The second kappa shape index (κ2) is 7.38. The third-order valence-electron chi connectivity index (χ3n) is 2.46. The number of aromatic amines is 1. The van der Waals surface area contributed by atoms with Gasteiger partial charge in [-0.15, -0.1) is 12.4 Å². The average Bonchev–Trinajstić information content (AvgIpc) is 2.72. The van der Waals surface area contributed by atoms with Gasteiger partial charge in [0.15, 0.2) is 0 Å². The van der Waals surface area contributed by atoms with Crippen LogP contribution in [-0.4, -0.2) is 35.7 Å². The number of hydrogen-bond donors (Lipinski definition) is 3. The van der Waals surface area contributed by atoms with Crippen LogP contribution in [0.4, 0.5) is 0 Å². The molecule has 6 heteroatoms. The fourth-order valence-corrected chi connectivity index (χ4v) is 1.35. The van der Waals surface area contributed by atoms with Gasteiger partial charge in [-0.1, -0.05) is 27.7 Å². The molecule has 0 unspecified atom stereocenters. The first kappa shape index (κ1) is 16.9. The van der Waals surface area contributed by atoms with Crippen LogP contribution < -0.4 is 10.6 Å². The first-order valence-electron chi connectivity index (χ1n) is 6.00. The van der Waals surface area contributed by atoms with E-state index in [-0.39, 0.29) is 23.7 Å². The van der Waals surface area contributed by atoms with E-state index < -0.39 is 0 Å². The maximum atomic E-state index is 11.7. The summed E-state index contributed by atoms with van der Waals surface area (Å²) < 4.78 is 0. The molecule has 1 aromatic rings. The maximum Gasteiger partial charge on any atom is 0.271 e. The molecule has 0 bridgehead atoms. The lowest BCUT2D eigenvalue weighted by atomic mass is 9.92. The van der Waals surface area contributed by atoms with Gasteiger partial charge >= 0.3 is 0 Å². The van der Waals surface area contributed by atoms with Crippen LogP contribution in [0.25, 0.3) is 0 Å². The zero-order valence-corrected chi connectivity index (χ0v) is 12.3. The van der Waals surface area contributed by atoms with Crippen molar-refractivity contribution in [3.05, 3.63) is 17.5 Å². The van der Waals surface area contributed by atoms with Gasteiger partial charge in [-0.25, -0.2) is 0 Å². The summed E-state index contributed by atoms with van der Waals surface area (Å²) in [6.07, 6.45) is 0. The fourth-order valence-electron chi connectivity index (χ4n) is 1.35. The lowest BCUT2D eigenvalue weighted by Crippen LogP contribution is -2.31. The van der Waals surface area contributed by atoms with Crippen molar-refractivity contribution in [1.82, 2.24) is 20.8 Å². The van der Waals surface area contributed by atoms with Gasteiger partial charge < -0.3 is 10.6 Å². The van der Waals surface area contributed by atoms with Crippen LogP contribution in [0.3, 0.4) is 0 Å². The van der Waals surface area contributed by atoms with Gasteiger partial charge in [0.05, 0.1) is 0 Å². The van der Waals surface area contributed by atoms with Crippen LogP contribution in [0, 0.1) is 0 Å². The third-order valence-corrected chi connectivity index (χ3v) is 2.46. The summed E-state index contributed by atoms with van der Waals surface area (Å²) in [5, 5.41) is 12.9. The van der Waals surface area contributed by atoms with Crippen molar-refractivity contribution in [2.24, 2.45) is 0 Å². The molecule has 3 N–H and O–H groups in total. The molecule has 0 fully saturated rings. The van der Waals surface area contributed by atoms with E-state index >= 15 is 0 Å². The van der Waals surface area contributed by atoms with Crippen molar-refractivity contribution >= 4 is 18.3 Å². The smallest absolute Gasteiger partial charge is 0.271 e. The summed E-state index contributed by atoms with van der Waals surface area (Å²) in [6, 6.07) is 1.81. The lowest BCUT2D eigenvalue weighted by Gasteiger charge is -2.14. The number of carbonyl (C=O) groups excluding carboxylic acids is 1. The minimum atomic E-state index is -0.130. The monoisotopic (exact) mass is 274 g/mol. The van der Waals surface area contributed by atoms with Gasteiger partial charge in [0.2, 0.25) is 0 Å². The molecule has 0 aliphatic rings. The molecule has 0 radical (unpaired) electrons. The standard InChI is InChI=1S/C12H22N4O.ClH/c1-5-13-6-7-14-11(17)9-8-10(16-15-9)12(2,3)4;/h8,13H,5-7H2,1-4H3,(H,14,17)(H,15,16);1H. The van der Waals surface area contributed by atoms with Crippen molar-refractivity contribution in [2.45, 2.75) is 33.1 Å². The number of H-pyrrole nitrogens is 1. The molecule has 1 amide bonds. The van der Waals surface area contributed by atoms with Gasteiger partial charge in [-0.3, -0.25) is 9.89 Å². The van der Waals surface area contributed by atoms with Crippen molar-refractivity contribution in [1.29, 1.82) is 0 Å². The summed E-state index contributed by atoms with van der Waals surface area (Å²) >= 11 is 0. The summed E-state index contributed by atoms with van der Waals surface area (Å²) in [5.41, 5.74) is 1.40. The zero-order chi connectivity index (χ0) is 12.9. The van der Waals surface area contributed by atoms with E-state index in [2.05, 4.69) is 41.6 Å². The summed E-state index contributed by atoms with van der Waals surface area (Å²) in [6.45, 7) is 10.6. The number of likely N-dealkylation sites (N-methyl/N-ethyl adjacent to an activating group) is 1. The molecule has 1 rings (SSSR count). The van der Waals surface area contributed by atoms with E-state index in [1.807, 2.05) is 13.0 Å². The average molecular weight is 275 g/mol. The maximum absolute atomic E-state index is 11.7. The van der Waals surface area contributed by atoms with Crippen molar-refractivity contribution in [3.63, 3.8) is 0 Å². The number of aromatic nitrogens is 2. The molecule has 0 atom stereocenters. The van der Waals surface area contributed by atoms with Gasteiger partial charge in [0.1, 0.15) is 5.69 Å². The second-order valence-corrected chi connectivity index (χ2v) is 5.03. The highest BCUT2D eigenvalue weighted by atomic mass is 35.5. The molecule has 1 aromatic heterocycles. The van der Waals surface area contributed by atoms with Gasteiger partial charge in [0.25, 0.3) is 5.91 Å². The molecule has 18 heavy (non-hydrogen) atoms. The van der Waals surface area contributed by atoms with Gasteiger partial charge in [-0.05, 0) is 12.6 Å². The number of amides is 1. The number of rotatable bonds is 5. The molecule has 0 aliphatic heterocycles. The number of hydrogen-bond acceptors (Lipinski definition) is 3. The van der Waals surface area contributed by atoms with Gasteiger partial charge in [-0.2, -0.15) is 5.10 Å². The number of halogens is 1. The Balaban J connectivity index is 0.00000289. The van der Waals surface area contributed by atoms with Crippen LogP contribution >= 0.6 is 12.4 Å². The quantitative estimate of drug-likeness (QED) is 0.712. The zero-order valence-electron chi connectivity index (χ0n) is 11.5. The highest BCUT2D eigenvalue weighted by Gasteiger charge is 2.18. The largest absolute Gasteiger partial charge is 0.349 e. The van der Waals surface area contributed by atoms with Crippen LogP contribution in [0.1, 0.15) is 43.9 Å². The molecule has 0 spiro atoms. The lowest BCUT2D eigenvalue weighted by molar-refractivity contribution is 0.0949. The normalized spacial score (nSPS) is 10.9. The Hall–Kier alpha value is -1.07. The molecule has 0 saturated heterocycles. The van der Waals surface area contributed by atoms with E-state index in [0.717, 1.165) is 18.8 Å². The molecule has 5 nitrogen and oxygen atoms in total. The summed E-state index contributed by atoms with van der Waals surface area (Å²) in [7, 11) is 0. The van der Waals surface area contributed by atoms with E-state index in [0.29, 0.717) is 12.2 Å². The Kier molecular flexibility index (Phi) is 6.94. The van der Waals surface area contributed by atoms with E-state index in [9.17, 15) is 4.79 Å². The molecule has 0 aliphatic carbocycles. The molecule has 1 heterocycles. The first-order valence-corrected chi connectivity index (χ1v) is 6.00. The Labute approximate surface area is 115 Å². The highest BCUT2D eigenvalue weighted by Crippen LogP contribution is 2.19. The SMILES string of the molecule is CCNCCNC(=O)c1cc(C(C)(C)C)[nH]n1.Cl. The molecule has 104 valence electrons. The molecular formula is C12H23ClN4O. The van der Waals surface area contributed by atoms with Crippen LogP contribution in [-0.2, 0) is 5.41 Å². The molecular weight excluding hydrogens is 252 g/mol. The highest BCUT2D eigenvalue weighted by molar-refractivity contribution is 5.92. The number of carbonyl (C=O) groups is 1. The Morgan fingerprint density at radius 3 is 2.56 bits per heavy atom. The Morgan fingerprint density at radius 1 is 1.39 bits per heavy atom. The predicted molar refractivity (Wildman–Crippen MR) is 75.4 cm³/mol. The van der Waals surface area contributed by atoms with Crippen molar-refractivity contribution in [3.8, 4) is 0 Å². The minimum Gasteiger partial charge on any atom is -0.349 e. The first-order chi connectivity index (χ1) is 7.95. The van der Waals surface area contributed by atoms with Crippen molar-refractivity contribution in [2.75, 3.05) is 19.6 Å². The number of nitrogens with one attached hydrogen (secondary N) is 3. The van der Waals surface area contributed by atoms with Gasteiger partial charge in [0, 0.05) is 24.2 Å². The predicted octanol–water partition coefficient (Wildman–Crippen LogP) is 1.47. The fraction of sp³-hybridized carbons (Fsp3) is 0.667. The third kappa shape index (κ3) is 5.06. The van der Waals surface area contributed by atoms with E-state index in [1.54, 1.807) is 0 Å². The topological polar surface area (TPSA) is 69.8 Å². The minimum absolute atomic E-state index is 0. The molecule has 0 aromatic carbocycles. The Morgan fingerprint density at radius 2 is 2.06 bits per heavy atom. The van der Waals surface area contributed by atoms with E-state index in [1.165, 1.54) is 0 Å². The summed E-state index contributed by atoms with van der Waals surface area (Å²) in [5.74, 6) is -0.130. The van der Waals surface area contributed by atoms with E-state index in [4.69, 9.17) is 0 Å². The summed E-state index contributed by atoms with van der Waals surface area (Å²) in [4.78, 5) is 11.7. The van der Waals surface area contributed by atoms with Crippen LogP contribution in [0.2, 0.25) is 0 Å². The second-order valence-electron chi connectivity index (χ2n) is 5.03. The number of nitrogens with zero attached hydrogens (tertiary/aromatic N) is 1. The van der Waals surface area contributed by atoms with Crippen LogP contribution in [0.15, 0.2) is 6.07 Å². The Bertz CT molecular complexity index is 370. The van der Waals surface area contributed by atoms with Crippen molar-refractivity contribution < 1.29 is 4.79 Å².